The molecule has 0 aliphatic rings. The Bertz CT molecular complexity index is 1400. The molecule has 2 aromatic carbocycles. The number of halogens is 1. The molecule has 10 heteroatoms. The lowest BCUT2D eigenvalue weighted by molar-refractivity contribution is 0.414. The van der Waals surface area contributed by atoms with Crippen molar-refractivity contribution >= 4 is 33.4 Å². The topological polar surface area (TPSA) is 89.7 Å². The summed E-state index contributed by atoms with van der Waals surface area (Å²) in [5.74, 6) is 0.901. The minimum Gasteiger partial charge on any atom is -0.497 e. The Morgan fingerprint density at radius 1 is 1.06 bits per heavy atom. The van der Waals surface area contributed by atoms with Gasteiger partial charge in [0, 0.05) is 0 Å². The molecule has 0 aliphatic carbocycles. The van der Waals surface area contributed by atoms with Gasteiger partial charge in [-0.1, -0.05) is 41.4 Å². The molecule has 2 heterocycles. The molecule has 0 unspecified atom stereocenters. The Kier molecular flexibility index (Phi) is 5.79. The fourth-order valence-electron chi connectivity index (χ4n) is 3.29. The van der Waals surface area contributed by atoms with Gasteiger partial charge in [-0.3, -0.25) is 0 Å². The molecule has 0 saturated carbocycles. The number of benzene rings is 2. The van der Waals surface area contributed by atoms with Crippen LogP contribution in [0.1, 0.15) is 22.5 Å². The van der Waals surface area contributed by atoms with E-state index in [0.29, 0.717) is 22.2 Å². The second-order valence-corrected chi connectivity index (χ2v) is 9.64. The molecule has 32 heavy (non-hydrogen) atoms. The second kappa shape index (κ2) is 8.40. The molecule has 4 rings (SSSR count). The lowest BCUT2D eigenvalue weighted by Gasteiger charge is -2.21. The van der Waals surface area contributed by atoms with Crippen LogP contribution in [-0.4, -0.2) is 35.1 Å². The van der Waals surface area contributed by atoms with Crippen molar-refractivity contribution < 1.29 is 13.2 Å². The van der Waals surface area contributed by atoms with E-state index in [-0.39, 0.29) is 23.2 Å². The van der Waals surface area contributed by atoms with Gasteiger partial charge in [0.25, 0.3) is 21.7 Å². The summed E-state index contributed by atoms with van der Waals surface area (Å²) in [6.07, 6.45) is 0. The summed E-state index contributed by atoms with van der Waals surface area (Å²) in [7, 11) is -2.42. The first-order chi connectivity index (χ1) is 15.2. The van der Waals surface area contributed by atoms with Crippen LogP contribution in [0.4, 0.5) is 5.95 Å². The van der Waals surface area contributed by atoms with Crippen molar-refractivity contribution in [2.45, 2.75) is 32.2 Å². The van der Waals surface area contributed by atoms with E-state index in [9.17, 15) is 8.42 Å². The van der Waals surface area contributed by atoms with E-state index in [1.54, 1.807) is 63.4 Å². The molecule has 0 saturated heterocycles. The Labute approximate surface area is 191 Å². The third kappa shape index (κ3) is 4.01. The zero-order valence-corrected chi connectivity index (χ0v) is 19.6. The maximum atomic E-state index is 13.7. The molecule has 0 bridgehead atoms. The van der Waals surface area contributed by atoms with Crippen molar-refractivity contribution in [3.63, 3.8) is 0 Å². The molecule has 4 aromatic rings. The van der Waals surface area contributed by atoms with Crippen LogP contribution in [0.2, 0.25) is 5.02 Å². The van der Waals surface area contributed by atoms with Gasteiger partial charge in [0.05, 0.1) is 35.0 Å². The summed E-state index contributed by atoms with van der Waals surface area (Å²) >= 11 is 6.31. The van der Waals surface area contributed by atoms with Crippen molar-refractivity contribution in [2.75, 3.05) is 11.4 Å². The average molecular weight is 472 g/mol. The van der Waals surface area contributed by atoms with Crippen LogP contribution in [0.25, 0.3) is 5.78 Å². The fraction of sp³-hybridized carbons (Fsp3) is 0.227. The number of hydrogen-bond donors (Lipinski definition) is 0. The summed E-state index contributed by atoms with van der Waals surface area (Å²) < 4.78 is 35.2. The highest BCUT2D eigenvalue weighted by molar-refractivity contribution is 7.92. The zero-order valence-electron chi connectivity index (χ0n) is 18.1. The van der Waals surface area contributed by atoms with Crippen LogP contribution in [0.5, 0.6) is 5.75 Å². The minimum absolute atomic E-state index is 0.00524. The molecule has 2 aromatic heterocycles. The van der Waals surface area contributed by atoms with Crippen LogP contribution in [-0.2, 0) is 16.6 Å². The predicted molar refractivity (Wildman–Crippen MR) is 123 cm³/mol. The van der Waals surface area contributed by atoms with Crippen molar-refractivity contribution in [2.24, 2.45) is 0 Å². The Morgan fingerprint density at radius 2 is 1.78 bits per heavy atom. The standard InChI is InChI=1S/C22H22ClN5O3S/c1-14-8-10-19(11-9-14)32(29,30)27(13-17-6-5-7-18(12-17)31-4)22-25-21-24-15(2)20(23)16(3)28(21)26-22/h5-12H,13H2,1-4H3. The molecular formula is C22H22ClN5O3S. The number of fused-ring (bicyclic) bond motifs is 1. The van der Waals surface area contributed by atoms with Crippen molar-refractivity contribution in [3.8, 4) is 5.75 Å². The lowest BCUT2D eigenvalue weighted by Crippen LogP contribution is -2.31. The van der Waals surface area contributed by atoms with E-state index in [4.69, 9.17) is 16.3 Å². The first-order valence-corrected chi connectivity index (χ1v) is 11.6. The van der Waals surface area contributed by atoms with E-state index in [1.807, 2.05) is 13.0 Å². The zero-order chi connectivity index (χ0) is 23.0. The molecule has 0 aliphatic heterocycles. The van der Waals surface area contributed by atoms with Crippen molar-refractivity contribution in [1.29, 1.82) is 0 Å². The predicted octanol–water partition coefficient (Wildman–Crippen LogP) is 4.11. The maximum absolute atomic E-state index is 13.7. The number of sulfonamides is 1. The van der Waals surface area contributed by atoms with Crippen LogP contribution in [0.15, 0.2) is 53.4 Å². The molecule has 166 valence electrons. The first kappa shape index (κ1) is 22.0. The average Bonchev–Trinajstić information content (AvgIpc) is 3.19. The normalized spacial score (nSPS) is 11.7. The molecule has 0 spiro atoms. The maximum Gasteiger partial charge on any atom is 0.267 e. The third-order valence-corrected chi connectivity index (χ3v) is 7.38. The van der Waals surface area contributed by atoms with Crippen LogP contribution >= 0.6 is 11.6 Å². The second-order valence-electron chi connectivity index (χ2n) is 7.40. The number of aryl methyl sites for hydroxylation is 3. The SMILES string of the molecule is COc1cccc(CN(c2nc3nc(C)c(Cl)c(C)n3n2)S(=O)(=O)c2ccc(C)cc2)c1. The summed E-state index contributed by atoms with van der Waals surface area (Å²) in [5, 5.41) is 4.89. The van der Waals surface area contributed by atoms with Crippen LogP contribution < -0.4 is 9.04 Å². The summed E-state index contributed by atoms with van der Waals surface area (Å²) in [6.45, 7) is 5.45. The molecule has 0 N–H and O–H groups in total. The van der Waals surface area contributed by atoms with E-state index >= 15 is 0 Å². The quantitative estimate of drug-likeness (QED) is 0.420. The van der Waals surface area contributed by atoms with Gasteiger partial charge in [-0.25, -0.2) is 17.7 Å². The lowest BCUT2D eigenvalue weighted by atomic mass is 10.2. The minimum atomic E-state index is -3.98. The number of anilines is 1. The molecule has 0 atom stereocenters. The van der Waals surface area contributed by atoms with Crippen molar-refractivity contribution in [3.05, 3.63) is 76.1 Å². The van der Waals surface area contributed by atoms with Crippen LogP contribution in [0.3, 0.4) is 0 Å². The van der Waals surface area contributed by atoms with E-state index in [0.717, 1.165) is 11.1 Å². The highest BCUT2D eigenvalue weighted by Crippen LogP contribution is 2.27. The molecule has 8 nitrogen and oxygen atoms in total. The largest absolute Gasteiger partial charge is 0.497 e. The monoisotopic (exact) mass is 471 g/mol. The van der Waals surface area contributed by atoms with Gasteiger partial charge in [0.15, 0.2) is 0 Å². The number of aromatic nitrogens is 4. The van der Waals surface area contributed by atoms with Gasteiger partial charge in [0.1, 0.15) is 5.75 Å². The summed E-state index contributed by atoms with van der Waals surface area (Å²) in [6, 6.07) is 13.8. The highest BCUT2D eigenvalue weighted by atomic mass is 35.5. The number of ether oxygens (including phenoxy) is 1. The van der Waals surface area contributed by atoms with Gasteiger partial charge >= 0.3 is 0 Å². The number of nitrogens with zero attached hydrogens (tertiary/aromatic N) is 5. The van der Waals surface area contributed by atoms with E-state index in [1.165, 1.54) is 8.82 Å². The Balaban J connectivity index is 1.88. The fourth-order valence-corrected chi connectivity index (χ4v) is 4.76. The highest BCUT2D eigenvalue weighted by Gasteiger charge is 2.29. The molecule has 0 radical (unpaired) electrons. The summed E-state index contributed by atoms with van der Waals surface area (Å²) in [5.41, 5.74) is 2.90. The summed E-state index contributed by atoms with van der Waals surface area (Å²) in [4.78, 5) is 8.92. The first-order valence-electron chi connectivity index (χ1n) is 9.82. The molecule has 0 fully saturated rings. The molecule has 0 amide bonds. The van der Waals surface area contributed by atoms with Gasteiger partial charge in [0.2, 0.25) is 0 Å². The molecular weight excluding hydrogens is 450 g/mol. The smallest absolute Gasteiger partial charge is 0.267 e. The van der Waals surface area contributed by atoms with Crippen molar-refractivity contribution in [1.82, 2.24) is 19.6 Å². The van der Waals surface area contributed by atoms with Gasteiger partial charge in [-0.15, -0.1) is 5.10 Å². The van der Waals surface area contributed by atoms with Crippen LogP contribution in [0, 0.1) is 20.8 Å². The third-order valence-electron chi connectivity index (χ3n) is 5.09. The number of hydrogen-bond acceptors (Lipinski definition) is 6. The Morgan fingerprint density at radius 3 is 2.47 bits per heavy atom. The van der Waals surface area contributed by atoms with Gasteiger partial charge < -0.3 is 4.74 Å². The number of rotatable bonds is 6. The Hall–Kier alpha value is -3.17. The number of methoxy groups -OCH3 is 1. The van der Waals surface area contributed by atoms with E-state index in [2.05, 4.69) is 15.1 Å². The van der Waals surface area contributed by atoms with E-state index < -0.39 is 10.0 Å². The van der Waals surface area contributed by atoms with Gasteiger partial charge in [-0.2, -0.15) is 9.50 Å². The van der Waals surface area contributed by atoms with Gasteiger partial charge in [-0.05, 0) is 50.6 Å².